The van der Waals surface area contributed by atoms with Crippen LogP contribution in [0.5, 0.6) is 0 Å². The molecule has 102 valence electrons. The maximum atomic E-state index is 11.5. The van der Waals surface area contributed by atoms with Gasteiger partial charge in [0, 0.05) is 26.2 Å². The first-order valence-electron chi connectivity index (χ1n) is 6.54. The Bertz CT molecular complexity index is 323. The Kier molecular flexibility index (Phi) is 7.69. The first kappa shape index (κ1) is 15.2. The molecule has 0 aliphatic carbocycles. The van der Waals surface area contributed by atoms with Crippen LogP contribution in [0.2, 0.25) is 0 Å². The van der Waals surface area contributed by atoms with E-state index in [0.717, 1.165) is 26.1 Å². The van der Waals surface area contributed by atoms with Gasteiger partial charge in [-0.25, -0.2) is 0 Å². The molecule has 4 heteroatoms. The normalized spacial score (nSPS) is 10.8. The Labute approximate surface area is 114 Å². The van der Waals surface area contributed by atoms with Crippen LogP contribution in [0.25, 0.3) is 0 Å². The van der Waals surface area contributed by atoms with E-state index >= 15 is 0 Å². The zero-order valence-corrected chi connectivity index (χ0v) is 12.1. The molecule has 1 rings (SSSR count). The Morgan fingerprint density at radius 1 is 1.50 bits per heavy atom. The van der Waals surface area contributed by atoms with Gasteiger partial charge in [0.05, 0.1) is 0 Å². The fourth-order valence-electron chi connectivity index (χ4n) is 1.50. The summed E-state index contributed by atoms with van der Waals surface area (Å²) in [4.78, 5) is 11.5. The molecule has 0 saturated carbocycles. The van der Waals surface area contributed by atoms with Crippen LogP contribution in [0.4, 0.5) is 0 Å². The molecule has 0 spiro atoms. The van der Waals surface area contributed by atoms with E-state index in [4.69, 9.17) is 4.74 Å². The summed E-state index contributed by atoms with van der Waals surface area (Å²) in [5.74, 6) is 0.704. The summed E-state index contributed by atoms with van der Waals surface area (Å²) in [6.07, 6.45) is 2.29. The number of thiophene rings is 1. The Morgan fingerprint density at radius 3 is 3.00 bits per heavy atom. The molecule has 0 fully saturated rings. The third kappa shape index (κ3) is 7.45. The molecule has 1 aromatic heterocycles. The predicted molar refractivity (Wildman–Crippen MR) is 75.9 cm³/mol. The second-order valence-corrected chi connectivity index (χ2v) is 5.58. The number of carbonyl (C=O) groups excluding carboxylic acids is 1. The highest BCUT2D eigenvalue weighted by molar-refractivity contribution is 7.07. The first-order valence-corrected chi connectivity index (χ1v) is 7.48. The van der Waals surface area contributed by atoms with Gasteiger partial charge in [0.2, 0.25) is 5.91 Å². The Balaban J connectivity index is 1.94. The zero-order valence-electron chi connectivity index (χ0n) is 11.3. The summed E-state index contributed by atoms with van der Waals surface area (Å²) in [5.41, 5.74) is 1.25. The molecule has 0 aromatic carbocycles. The van der Waals surface area contributed by atoms with E-state index in [9.17, 15) is 4.79 Å². The van der Waals surface area contributed by atoms with Crippen molar-refractivity contribution in [1.82, 2.24) is 5.32 Å². The number of ether oxygens (including phenoxy) is 1. The van der Waals surface area contributed by atoms with Crippen molar-refractivity contribution in [2.45, 2.75) is 33.1 Å². The van der Waals surface area contributed by atoms with Gasteiger partial charge in [0.25, 0.3) is 0 Å². The molecule has 1 heterocycles. The lowest BCUT2D eigenvalue weighted by Gasteiger charge is -2.07. The highest BCUT2D eigenvalue weighted by Crippen LogP contribution is 2.08. The van der Waals surface area contributed by atoms with Crippen LogP contribution in [0, 0.1) is 5.92 Å². The van der Waals surface area contributed by atoms with Gasteiger partial charge in [-0.3, -0.25) is 4.79 Å². The van der Waals surface area contributed by atoms with Crippen LogP contribution < -0.4 is 5.32 Å². The van der Waals surface area contributed by atoms with E-state index in [1.54, 1.807) is 11.3 Å². The summed E-state index contributed by atoms with van der Waals surface area (Å²) < 4.78 is 5.45. The molecule has 0 atom stereocenters. The minimum atomic E-state index is 0.130. The molecular formula is C14H23NO2S. The lowest BCUT2D eigenvalue weighted by molar-refractivity contribution is -0.121. The van der Waals surface area contributed by atoms with Crippen LogP contribution >= 0.6 is 11.3 Å². The minimum Gasteiger partial charge on any atom is -0.381 e. The lowest BCUT2D eigenvalue weighted by Crippen LogP contribution is -2.25. The van der Waals surface area contributed by atoms with Crippen LogP contribution in [-0.2, 0) is 16.0 Å². The first-order chi connectivity index (χ1) is 8.68. The van der Waals surface area contributed by atoms with E-state index in [2.05, 4.69) is 30.6 Å². The number of rotatable bonds is 9. The standard InChI is InChI=1S/C14H23NO2S/c1-12(2)10-17-8-3-7-15-14(16)5-4-13-6-9-18-11-13/h6,9,11-12H,3-5,7-8,10H2,1-2H3,(H,15,16). The van der Waals surface area contributed by atoms with Crippen molar-refractivity contribution in [3.05, 3.63) is 22.4 Å². The van der Waals surface area contributed by atoms with Crippen LogP contribution in [0.1, 0.15) is 32.3 Å². The van der Waals surface area contributed by atoms with Crippen LogP contribution in [0.15, 0.2) is 16.8 Å². The van der Waals surface area contributed by atoms with Gasteiger partial charge in [0.1, 0.15) is 0 Å². The molecule has 1 aromatic rings. The van der Waals surface area contributed by atoms with Gasteiger partial charge in [-0.1, -0.05) is 13.8 Å². The molecule has 1 N–H and O–H groups in total. The molecule has 0 aliphatic rings. The molecule has 0 bridgehead atoms. The highest BCUT2D eigenvalue weighted by atomic mass is 32.1. The van der Waals surface area contributed by atoms with Gasteiger partial charge in [0.15, 0.2) is 0 Å². The molecule has 3 nitrogen and oxygen atoms in total. The number of amides is 1. The second-order valence-electron chi connectivity index (χ2n) is 4.80. The zero-order chi connectivity index (χ0) is 13.2. The SMILES string of the molecule is CC(C)COCCCNC(=O)CCc1ccsc1. The number of hydrogen-bond donors (Lipinski definition) is 1. The molecule has 0 radical (unpaired) electrons. The molecule has 1 amide bonds. The molecule has 0 saturated heterocycles. The maximum Gasteiger partial charge on any atom is 0.220 e. The van der Waals surface area contributed by atoms with Crippen molar-refractivity contribution < 1.29 is 9.53 Å². The van der Waals surface area contributed by atoms with Gasteiger partial charge < -0.3 is 10.1 Å². The second kappa shape index (κ2) is 9.11. The summed E-state index contributed by atoms with van der Waals surface area (Å²) in [6.45, 7) is 6.49. The Hall–Kier alpha value is -0.870. The van der Waals surface area contributed by atoms with Crippen molar-refractivity contribution in [1.29, 1.82) is 0 Å². The van der Waals surface area contributed by atoms with Gasteiger partial charge in [-0.2, -0.15) is 11.3 Å². The van der Waals surface area contributed by atoms with E-state index < -0.39 is 0 Å². The average Bonchev–Trinajstić information content (AvgIpc) is 2.83. The largest absolute Gasteiger partial charge is 0.381 e. The van der Waals surface area contributed by atoms with Crippen molar-refractivity contribution >= 4 is 17.2 Å². The van der Waals surface area contributed by atoms with Crippen molar-refractivity contribution in [2.75, 3.05) is 19.8 Å². The van der Waals surface area contributed by atoms with Crippen LogP contribution in [-0.4, -0.2) is 25.7 Å². The smallest absolute Gasteiger partial charge is 0.220 e. The van der Waals surface area contributed by atoms with Gasteiger partial charge in [-0.05, 0) is 41.1 Å². The van der Waals surface area contributed by atoms with Crippen molar-refractivity contribution in [3.63, 3.8) is 0 Å². The summed E-state index contributed by atoms with van der Waals surface area (Å²) in [7, 11) is 0. The maximum absolute atomic E-state index is 11.5. The summed E-state index contributed by atoms with van der Waals surface area (Å²) in [5, 5.41) is 7.05. The third-order valence-electron chi connectivity index (χ3n) is 2.46. The van der Waals surface area contributed by atoms with Gasteiger partial charge >= 0.3 is 0 Å². The quantitative estimate of drug-likeness (QED) is 0.700. The van der Waals surface area contributed by atoms with E-state index in [0.29, 0.717) is 18.9 Å². The van der Waals surface area contributed by atoms with Crippen LogP contribution in [0.3, 0.4) is 0 Å². The fourth-order valence-corrected chi connectivity index (χ4v) is 2.21. The topological polar surface area (TPSA) is 38.3 Å². The third-order valence-corrected chi connectivity index (χ3v) is 3.19. The predicted octanol–water partition coefficient (Wildman–Crippen LogP) is 2.86. The van der Waals surface area contributed by atoms with Crippen molar-refractivity contribution in [3.8, 4) is 0 Å². The average molecular weight is 269 g/mol. The minimum absolute atomic E-state index is 0.130. The number of carbonyl (C=O) groups is 1. The highest BCUT2D eigenvalue weighted by Gasteiger charge is 2.02. The molecular weight excluding hydrogens is 246 g/mol. The molecule has 0 unspecified atom stereocenters. The Morgan fingerprint density at radius 2 is 2.33 bits per heavy atom. The molecule has 18 heavy (non-hydrogen) atoms. The fraction of sp³-hybridized carbons (Fsp3) is 0.643. The van der Waals surface area contributed by atoms with E-state index in [1.165, 1.54) is 5.56 Å². The summed E-state index contributed by atoms with van der Waals surface area (Å²) in [6, 6.07) is 2.07. The van der Waals surface area contributed by atoms with Crippen molar-refractivity contribution in [2.24, 2.45) is 5.92 Å². The van der Waals surface area contributed by atoms with E-state index in [1.807, 2.05) is 5.38 Å². The monoisotopic (exact) mass is 269 g/mol. The lowest BCUT2D eigenvalue weighted by atomic mass is 10.2. The number of hydrogen-bond acceptors (Lipinski definition) is 3. The molecule has 0 aliphatic heterocycles. The van der Waals surface area contributed by atoms with E-state index in [-0.39, 0.29) is 5.91 Å². The van der Waals surface area contributed by atoms with Gasteiger partial charge in [-0.15, -0.1) is 0 Å². The number of aryl methyl sites for hydroxylation is 1. The summed E-state index contributed by atoms with van der Waals surface area (Å²) >= 11 is 1.67. The number of nitrogens with one attached hydrogen (secondary N) is 1.